The number of ether oxygens (including phenoxy) is 1. The van der Waals surface area contributed by atoms with Gasteiger partial charge in [0.1, 0.15) is 5.75 Å². The monoisotopic (exact) mass is 319 g/mol. The number of hydrogen-bond acceptors (Lipinski definition) is 3. The molecule has 1 aromatic carbocycles. The van der Waals surface area contributed by atoms with Crippen molar-refractivity contribution >= 4 is 26.7 Å². The maximum Gasteiger partial charge on any atom is 0.119 e. The van der Waals surface area contributed by atoms with Crippen molar-refractivity contribution in [1.82, 2.24) is 0 Å². The maximum atomic E-state index is 11.6. The van der Waals surface area contributed by atoms with Crippen LogP contribution in [0, 0.1) is 5.92 Å². The van der Waals surface area contributed by atoms with Crippen molar-refractivity contribution in [3.63, 3.8) is 0 Å². The fourth-order valence-electron chi connectivity index (χ4n) is 1.25. The van der Waals surface area contributed by atoms with E-state index < -0.39 is 10.8 Å². The van der Waals surface area contributed by atoms with Crippen LogP contribution in [0.1, 0.15) is 6.92 Å². The third-order valence-electron chi connectivity index (χ3n) is 2.27. The van der Waals surface area contributed by atoms with Crippen LogP contribution in [-0.2, 0) is 10.8 Å². The Labute approximate surface area is 113 Å². The molecule has 0 aliphatic carbocycles. The highest BCUT2D eigenvalue weighted by Gasteiger charge is 2.06. The Bertz CT molecular complexity index is 356. The molecule has 96 valence electrons. The minimum atomic E-state index is -0.842. The molecule has 0 aliphatic heterocycles. The molecule has 2 unspecified atom stereocenters. The Morgan fingerprint density at radius 1 is 1.41 bits per heavy atom. The highest BCUT2D eigenvalue weighted by molar-refractivity contribution is 9.10. The lowest BCUT2D eigenvalue weighted by Gasteiger charge is -2.09. The first-order valence-electron chi connectivity index (χ1n) is 5.55. The first-order chi connectivity index (χ1) is 8.11. The lowest BCUT2D eigenvalue weighted by atomic mass is 10.2. The SMILES string of the molecule is CC(CN)CS(=O)CCOc1ccc(Br)cc1. The molecule has 5 heteroatoms. The van der Waals surface area contributed by atoms with Crippen LogP contribution in [0.25, 0.3) is 0 Å². The number of benzene rings is 1. The van der Waals surface area contributed by atoms with Crippen LogP contribution < -0.4 is 10.5 Å². The van der Waals surface area contributed by atoms with Crippen LogP contribution in [0.4, 0.5) is 0 Å². The Morgan fingerprint density at radius 2 is 2.06 bits per heavy atom. The van der Waals surface area contributed by atoms with Gasteiger partial charge in [0.05, 0.1) is 12.4 Å². The summed E-state index contributed by atoms with van der Waals surface area (Å²) in [5, 5.41) is 0. The molecule has 0 saturated heterocycles. The van der Waals surface area contributed by atoms with E-state index >= 15 is 0 Å². The molecule has 0 radical (unpaired) electrons. The summed E-state index contributed by atoms with van der Waals surface area (Å²) in [6.07, 6.45) is 0. The molecular formula is C12H18BrNO2S. The predicted molar refractivity (Wildman–Crippen MR) is 75.7 cm³/mol. The van der Waals surface area contributed by atoms with Crippen LogP contribution in [0.5, 0.6) is 5.75 Å². The average molecular weight is 320 g/mol. The van der Waals surface area contributed by atoms with Gasteiger partial charge >= 0.3 is 0 Å². The normalized spacial score (nSPS) is 14.3. The summed E-state index contributed by atoms with van der Waals surface area (Å²) in [5.74, 6) is 2.32. The Morgan fingerprint density at radius 3 is 2.65 bits per heavy atom. The van der Waals surface area contributed by atoms with E-state index in [1.54, 1.807) is 0 Å². The summed E-state index contributed by atoms with van der Waals surface area (Å²) < 4.78 is 18.1. The average Bonchev–Trinajstić information content (AvgIpc) is 2.31. The summed E-state index contributed by atoms with van der Waals surface area (Å²) >= 11 is 3.36. The zero-order valence-electron chi connectivity index (χ0n) is 9.90. The zero-order valence-corrected chi connectivity index (χ0v) is 12.3. The number of halogens is 1. The van der Waals surface area contributed by atoms with Gasteiger partial charge in [0.15, 0.2) is 0 Å². The van der Waals surface area contributed by atoms with Crippen molar-refractivity contribution < 1.29 is 8.95 Å². The van der Waals surface area contributed by atoms with E-state index in [0.717, 1.165) is 10.2 Å². The van der Waals surface area contributed by atoms with Crippen molar-refractivity contribution in [3.05, 3.63) is 28.7 Å². The van der Waals surface area contributed by atoms with Gasteiger partial charge in [-0.3, -0.25) is 4.21 Å². The fraction of sp³-hybridized carbons (Fsp3) is 0.500. The van der Waals surface area contributed by atoms with E-state index in [2.05, 4.69) is 15.9 Å². The Kier molecular flexibility index (Phi) is 6.77. The topological polar surface area (TPSA) is 52.3 Å². The van der Waals surface area contributed by atoms with Crippen LogP contribution in [0.2, 0.25) is 0 Å². The van der Waals surface area contributed by atoms with Gasteiger partial charge in [-0.2, -0.15) is 0 Å². The van der Waals surface area contributed by atoms with E-state index in [9.17, 15) is 4.21 Å². The van der Waals surface area contributed by atoms with Gasteiger partial charge in [0, 0.05) is 21.0 Å². The minimum absolute atomic E-state index is 0.309. The van der Waals surface area contributed by atoms with Crippen molar-refractivity contribution in [2.45, 2.75) is 6.92 Å². The van der Waals surface area contributed by atoms with Gasteiger partial charge < -0.3 is 10.5 Å². The second kappa shape index (κ2) is 7.84. The Balaban J connectivity index is 2.23. The first-order valence-corrected chi connectivity index (χ1v) is 7.83. The molecular weight excluding hydrogens is 302 g/mol. The quantitative estimate of drug-likeness (QED) is 0.838. The number of hydrogen-bond donors (Lipinski definition) is 1. The summed E-state index contributed by atoms with van der Waals surface area (Å²) in [5.41, 5.74) is 5.48. The molecule has 0 heterocycles. The van der Waals surface area contributed by atoms with Crippen LogP contribution in [0.15, 0.2) is 28.7 Å². The van der Waals surface area contributed by atoms with E-state index in [-0.39, 0.29) is 0 Å². The summed E-state index contributed by atoms with van der Waals surface area (Å²) in [6, 6.07) is 7.61. The Hall–Kier alpha value is -0.390. The fourth-order valence-corrected chi connectivity index (χ4v) is 2.72. The highest BCUT2D eigenvalue weighted by atomic mass is 79.9. The molecule has 0 saturated carbocycles. The molecule has 3 nitrogen and oxygen atoms in total. The lowest BCUT2D eigenvalue weighted by molar-refractivity contribution is 0.342. The number of rotatable bonds is 7. The molecule has 2 atom stereocenters. The summed E-state index contributed by atoms with van der Waals surface area (Å²) in [7, 11) is -0.842. The van der Waals surface area contributed by atoms with Gasteiger partial charge in [-0.1, -0.05) is 22.9 Å². The molecule has 1 rings (SSSR count). The predicted octanol–water partition coefficient (Wildman–Crippen LogP) is 2.17. The van der Waals surface area contributed by atoms with E-state index in [1.807, 2.05) is 31.2 Å². The van der Waals surface area contributed by atoms with Gasteiger partial charge in [-0.25, -0.2) is 0 Å². The molecule has 0 amide bonds. The second-order valence-corrected chi connectivity index (χ2v) is 6.49. The molecule has 17 heavy (non-hydrogen) atoms. The highest BCUT2D eigenvalue weighted by Crippen LogP contribution is 2.15. The molecule has 1 aromatic rings. The minimum Gasteiger partial charge on any atom is -0.493 e. The third kappa shape index (κ3) is 6.19. The van der Waals surface area contributed by atoms with Gasteiger partial charge in [-0.05, 0) is 36.7 Å². The van der Waals surface area contributed by atoms with Crippen molar-refractivity contribution in [3.8, 4) is 5.75 Å². The van der Waals surface area contributed by atoms with Crippen LogP contribution in [0.3, 0.4) is 0 Å². The second-order valence-electron chi connectivity index (χ2n) is 3.95. The third-order valence-corrected chi connectivity index (χ3v) is 4.36. The molecule has 0 spiro atoms. The van der Waals surface area contributed by atoms with E-state index in [1.165, 1.54) is 0 Å². The summed E-state index contributed by atoms with van der Waals surface area (Å²) in [6.45, 7) is 3.07. The molecule has 2 N–H and O–H groups in total. The van der Waals surface area contributed by atoms with Crippen molar-refractivity contribution in [2.24, 2.45) is 11.7 Å². The van der Waals surface area contributed by atoms with Crippen molar-refractivity contribution in [1.29, 1.82) is 0 Å². The first kappa shape index (κ1) is 14.7. The van der Waals surface area contributed by atoms with Gasteiger partial charge in [0.2, 0.25) is 0 Å². The smallest absolute Gasteiger partial charge is 0.119 e. The van der Waals surface area contributed by atoms with Crippen molar-refractivity contribution in [2.75, 3.05) is 24.7 Å². The number of nitrogens with two attached hydrogens (primary N) is 1. The van der Waals surface area contributed by atoms with Gasteiger partial charge in [-0.15, -0.1) is 0 Å². The van der Waals surface area contributed by atoms with Crippen LogP contribution >= 0.6 is 15.9 Å². The zero-order chi connectivity index (χ0) is 12.7. The summed E-state index contributed by atoms with van der Waals surface area (Å²) in [4.78, 5) is 0. The van der Waals surface area contributed by atoms with E-state index in [4.69, 9.17) is 10.5 Å². The maximum absolute atomic E-state index is 11.6. The molecule has 0 fully saturated rings. The van der Waals surface area contributed by atoms with E-state index in [0.29, 0.717) is 30.6 Å². The molecule has 0 bridgehead atoms. The molecule has 0 aromatic heterocycles. The van der Waals surface area contributed by atoms with Gasteiger partial charge in [0.25, 0.3) is 0 Å². The lowest BCUT2D eigenvalue weighted by Crippen LogP contribution is -2.20. The van der Waals surface area contributed by atoms with Crippen LogP contribution in [-0.4, -0.2) is 28.9 Å². The largest absolute Gasteiger partial charge is 0.493 e. The standard InChI is InChI=1S/C12H18BrNO2S/c1-10(8-14)9-17(15)7-6-16-12-4-2-11(13)3-5-12/h2-5,10H,6-9,14H2,1H3. The molecule has 0 aliphatic rings.